The van der Waals surface area contributed by atoms with Crippen molar-refractivity contribution in [2.24, 2.45) is 0 Å². The monoisotopic (exact) mass is 430 g/mol. The van der Waals surface area contributed by atoms with Crippen LogP contribution in [0.2, 0.25) is 10.0 Å². The summed E-state index contributed by atoms with van der Waals surface area (Å²) in [5.41, 5.74) is 0.887. The molecule has 0 saturated carbocycles. The average Bonchev–Trinajstić information content (AvgIpc) is 2.57. The maximum absolute atomic E-state index is 12.3. The van der Waals surface area contributed by atoms with Crippen LogP contribution < -0.4 is 9.62 Å². The topological polar surface area (TPSA) is 92.8 Å². The minimum Gasteiger partial charge on any atom is -0.465 e. The van der Waals surface area contributed by atoms with Gasteiger partial charge in [-0.05, 0) is 42.5 Å². The van der Waals surface area contributed by atoms with E-state index in [1.54, 1.807) is 0 Å². The van der Waals surface area contributed by atoms with Crippen molar-refractivity contribution in [3.8, 4) is 0 Å². The summed E-state index contributed by atoms with van der Waals surface area (Å²) in [6.07, 6.45) is 0.972. The number of carbonyl (C=O) groups excluding carboxylic acids is 2. The molecule has 7 nitrogen and oxygen atoms in total. The SMILES string of the molecule is COC(=O)c1ccc(NC(=O)CN(c2cc(Cl)cc(Cl)c2)S(C)(=O)=O)cc1. The van der Waals surface area contributed by atoms with Crippen molar-refractivity contribution < 1.29 is 22.7 Å². The zero-order valence-electron chi connectivity index (χ0n) is 14.4. The number of hydrogen-bond acceptors (Lipinski definition) is 5. The molecule has 27 heavy (non-hydrogen) atoms. The third-order valence-corrected chi connectivity index (χ3v) is 4.99. The molecule has 2 aromatic rings. The van der Waals surface area contributed by atoms with Gasteiger partial charge < -0.3 is 10.1 Å². The van der Waals surface area contributed by atoms with Gasteiger partial charge in [0, 0.05) is 15.7 Å². The van der Waals surface area contributed by atoms with E-state index in [1.807, 2.05) is 0 Å². The van der Waals surface area contributed by atoms with E-state index < -0.39 is 28.4 Å². The summed E-state index contributed by atoms with van der Waals surface area (Å²) in [7, 11) is -2.50. The summed E-state index contributed by atoms with van der Waals surface area (Å²) in [6, 6.07) is 10.2. The Bertz CT molecular complexity index is 942. The highest BCUT2D eigenvalue weighted by atomic mass is 35.5. The molecule has 0 unspecified atom stereocenters. The molecule has 0 aliphatic rings. The lowest BCUT2D eigenvalue weighted by Gasteiger charge is -2.22. The first-order valence-corrected chi connectivity index (χ1v) is 10.1. The Morgan fingerprint density at radius 2 is 1.63 bits per heavy atom. The van der Waals surface area contributed by atoms with Crippen LogP contribution in [-0.2, 0) is 19.6 Å². The van der Waals surface area contributed by atoms with E-state index in [0.717, 1.165) is 10.6 Å². The Balaban J connectivity index is 2.18. The van der Waals surface area contributed by atoms with E-state index in [0.29, 0.717) is 11.3 Å². The third kappa shape index (κ3) is 5.85. The van der Waals surface area contributed by atoms with Crippen LogP contribution >= 0.6 is 23.2 Å². The Kier molecular flexibility index (Phi) is 6.69. The van der Waals surface area contributed by atoms with Crippen molar-refractivity contribution in [1.82, 2.24) is 0 Å². The van der Waals surface area contributed by atoms with Gasteiger partial charge in [0.05, 0.1) is 24.6 Å². The Hall–Kier alpha value is -2.29. The van der Waals surface area contributed by atoms with Gasteiger partial charge in [-0.3, -0.25) is 9.10 Å². The van der Waals surface area contributed by atoms with E-state index in [-0.39, 0.29) is 15.7 Å². The maximum atomic E-state index is 12.3. The van der Waals surface area contributed by atoms with E-state index in [9.17, 15) is 18.0 Å². The average molecular weight is 431 g/mol. The highest BCUT2D eigenvalue weighted by Gasteiger charge is 2.22. The fraction of sp³-hybridized carbons (Fsp3) is 0.176. The maximum Gasteiger partial charge on any atom is 0.337 e. The van der Waals surface area contributed by atoms with Gasteiger partial charge in [0.25, 0.3) is 0 Å². The first-order valence-electron chi connectivity index (χ1n) is 7.52. The summed E-state index contributed by atoms with van der Waals surface area (Å²) in [5.74, 6) is -1.09. The van der Waals surface area contributed by atoms with E-state index in [4.69, 9.17) is 23.2 Å². The van der Waals surface area contributed by atoms with Gasteiger partial charge in [-0.25, -0.2) is 13.2 Å². The van der Waals surface area contributed by atoms with E-state index in [1.165, 1.54) is 49.6 Å². The number of halogens is 2. The number of anilines is 2. The number of amides is 1. The Labute approximate surface area is 166 Å². The largest absolute Gasteiger partial charge is 0.465 e. The molecular formula is C17H16Cl2N2O5S. The van der Waals surface area contributed by atoms with Crippen molar-refractivity contribution in [1.29, 1.82) is 0 Å². The third-order valence-electron chi connectivity index (χ3n) is 3.41. The van der Waals surface area contributed by atoms with E-state index >= 15 is 0 Å². The van der Waals surface area contributed by atoms with Crippen molar-refractivity contribution in [3.63, 3.8) is 0 Å². The van der Waals surface area contributed by atoms with Crippen LogP contribution in [0.1, 0.15) is 10.4 Å². The van der Waals surface area contributed by atoms with Gasteiger partial charge in [-0.15, -0.1) is 0 Å². The number of methoxy groups -OCH3 is 1. The van der Waals surface area contributed by atoms with Gasteiger partial charge in [0.15, 0.2) is 0 Å². The number of ether oxygens (including phenoxy) is 1. The van der Waals surface area contributed by atoms with Gasteiger partial charge >= 0.3 is 5.97 Å². The molecular weight excluding hydrogens is 415 g/mol. The minimum absolute atomic E-state index is 0.172. The molecule has 0 aromatic heterocycles. The second kappa shape index (κ2) is 8.60. The van der Waals surface area contributed by atoms with Gasteiger partial charge in [-0.2, -0.15) is 0 Å². The van der Waals surface area contributed by atoms with Gasteiger partial charge in [-0.1, -0.05) is 23.2 Å². The molecule has 0 saturated heterocycles. The number of benzene rings is 2. The number of nitrogens with zero attached hydrogens (tertiary/aromatic N) is 1. The zero-order valence-corrected chi connectivity index (χ0v) is 16.7. The van der Waals surface area contributed by atoms with Crippen LogP contribution in [0.3, 0.4) is 0 Å². The summed E-state index contributed by atoms with van der Waals surface area (Å²) < 4.78 is 29.7. The molecule has 2 rings (SSSR count). The zero-order chi connectivity index (χ0) is 20.2. The molecule has 0 aliphatic carbocycles. The smallest absolute Gasteiger partial charge is 0.337 e. The first-order chi connectivity index (χ1) is 12.6. The van der Waals surface area contributed by atoms with Crippen LogP contribution in [0.25, 0.3) is 0 Å². The summed E-state index contributed by atoms with van der Waals surface area (Å²) in [6.45, 7) is -0.478. The summed E-state index contributed by atoms with van der Waals surface area (Å²) in [4.78, 5) is 23.7. The predicted octanol–water partition coefficient (Wildman–Crippen LogP) is 3.18. The molecule has 0 spiro atoms. The number of carbonyl (C=O) groups is 2. The second-order valence-electron chi connectivity index (χ2n) is 5.51. The molecule has 0 bridgehead atoms. The van der Waals surface area contributed by atoms with Crippen LogP contribution in [0.15, 0.2) is 42.5 Å². The molecule has 0 aliphatic heterocycles. The van der Waals surface area contributed by atoms with Crippen molar-refractivity contribution in [3.05, 3.63) is 58.1 Å². The molecule has 144 valence electrons. The standard InChI is InChI=1S/C17H16Cl2N2O5S/c1-26-17(23)11-3-5-14(6-4-11)20-16(22)10-21(27(2,24)25)15-8-12(18)7-13(19)9-15/h3-9H,10H2,1-2H3,(H,20,22). The van der Waals surface area contributed by atoms with Crippen LogP contribution in [-0.4, -0.2) is 40.2 Å². The lowest BCUT2D eigenvalue weighted by atomic mass is 10.2. The fourth-order valence-corrected chi connectivity index (χ4v) is 3.58. The molecule has 1 N–H and O–H groups in total. The van der Waals surface area contributed by atoms with Crippen molar-refractivity contribution in [2.45, 2.75) is 0 Å². The number of rotatable bonds is 6. The minimum atomic E-state index is -3.77. The summed E-state index contributed by atoms with van der Waals surface area (Å²) >= 11 is 11.8. The molecule has 2 aromatic carbocycles. The highest BCUT2D eigenvalue weighted by Crippen LogP contribution is 2.27. The van der Waals surface area contributed by atoms with Crippen molar-refractivity contribution in [2.75, 3.05) is 29.5 Å². The van der Waals surface area contributed by atoms with Crippen LogP contribution in [0.4, 0.5) is 11.4 Å². The van der Waals surface area contributed by atoms with Gasteiger partial charge in [0.1, 0.15) is 6.54 Å². The lowest BCUT2D eigenvalue weighted by Crippen LogP contribution is -2.37. The summed E-state index contributed by atoms with van der Waals surface area (Å²) in [5, 5.41) is 3.05. The van der Waals surface area contributed by atoms with Gasteiger partial charge in [0.2, 0.25) is 15.9 Å². The molecule has 0 fully saturated rings. The Morgan fingerprint density at radius 3 is 2.11 bits per heavy atom. The van der Waals surface area contributed by atoms with Crippen molar-refractivity contribution >= 4 is 56.5 Å². The first kappa shape index (κ1) is 21.0. The number of sulfonamides is 1. The molecule has 10 heteroatoms. The highest BCUT2D eigenvalue weighted by molar-refractivity contribution is 7.92. The Morgan fingerprint density at radius 1 is 1.07 bits per heavy atom. The number of esters is 1. The van der Waals surface area contributed by atoms with Crippen LogP contribution in [0, 0.1) is 0 Å². The quantitative estimate of drug-likeness (QED) is 0.710. The van der Waals surface area contributed by atoms with E-state index in [2.05, 4.69) is 10.1 Å². The predicted molar refractivity (Wildman–Crippen MR) is 105 cm³/mol. The normalized spacial score (nSPS) is 11.0. The lowest BCUT2D eigenvalue weighted by molar-refractivity contribution is -0.114. The molecule has 0 atom stereocenters. The number of nitrogens with one attached hydrogen (secondary N) is 1. The molecule has 0 radical (unpaired) electrons. The van der Waals surface area contributed by atoms with Crippen LogP contribution in [0.5, 0.6) is 0 Å². The molecule has 1 amide bonds. The number of hydrogen-bond donors (Lipinski definition) is 1. The second-order valence-corrected chi connectivity index (χ2v) is 8.29. The molecule has 0 heterocycles. The fourth-order valence-electron chi connectivity index (χ4n) is 2.22.